The summed E-state index contributed by atoms with van der Waals surface area (Å²) in [6, 6.07) is 12.7. The molecule has 3 aromatic rings. The molecule has 3 rings (SSSR count). The van der Waals surface area contributed by atoms with Gasteiger partial charge in [-0.2, -0.15) is 0 Å². The minimum Gasteiger partial charge on any atom is -0.504 e. The van der Waals surface area contributed by atoms with E-state index in [1.54, 1.807) is 6.08 Å². The van der Waals surface area contributed by atoms with Crippen LogP contribution in [0.5, 0.6) is 34.5 Å². The summed E-state index contributed by atoms with van der Waals surface area (Å²) in [5, 5.41) is 78.2. The van der Waals surface area contributed by atoms with Gasteiger partial charge in [-0.15, -0.1) is 0 Å². The zero-order chi connectivity index (χ0) is 26.7. The molecule has 0 saturated carbocycles. The average Bonchev–Trinajstić information content (AvgIpc) is 2.80. The van der Waals surface area contributed by atoms with Gasteiger partial charge < -0.3 is 46.0 Å². The summed E-state index contributed by atoms with van der Waals surface area (Å²) in [4.78, 5) is 30.7. The van der Waals surface area contributed by atoms with Crippen molar-refractivity contribution < 1.29 is 60.3 Å². The maximum Gasteiger partial charge on any atom is 0.335 e. The van der Waals surface area contributed by atoms with Gasteiger partial charge in [0.15, 0.2) is 34.5 Å². The molecule has 12 heteroatoms. The van der Waals surface area contributed by atoms with Gasteiger partial charge in [0.1, 0.15) is 0 Å². The standard InChI is InChI=1S/C9H8O2.2C7H6O5/c10-9(11)7-6-8-4-2-1-3-5-8;2*8-4-1-3(7(11)12)2-5(9)6(4)10/h1-7H,(H,10,11);2*1-2,8-10H,(H,11,12). The molecule has 12 nitrogen and oxygen atoms in total. The third kappa shape index (κ3) is 8.94. The van der Waals surface area contributed by atoms with Gasteiger partial charge in [0.05, 0.1) is 11.1 Å². The molecule has 0 fully saturated rings. The van der Waals surface area contributed by atoms with Crippen molar-refractivity contribution in [2.24, 2.45) is 0 Å². The number of hydrogen-bond acceptors (Lipinski definition) is 9. The average molecular weight is 488 g/mol. The van der Waals surface area contributed by atoms with E-state index in [0.29, 0.717) is 0 Å². The lowest BCUT2D eigenvalue weighted by atomic mass is 10.2. The van der Waals surface area contributed by atoms with Crippen molar-refractivity contribution in [3.8, 4) is 34.5 Å². The van der Waals surface area contributed by atoms with Crippen LogP contribution < -0.4 is 0 Å². The SMILES string of the molecule is O=C(O)C=Cc1ccccc1.O=C(O)c1cc(O)c(O)c(O)c1.O=C(O)c1cc(O)c(O)c(O)c1. The lowest BCUT2D eigenvalue weighted by Crippen LogP contribution is -1.95. The number of aromatic hydroxyl groups is 6. The van der Waals surface area contributed by atoms with Crippen LogP contribution in [0.25, 0.3) is 6.08 Å². The molecular formula is C23H20O12. The highest BCUT2D eigenvalue weighted by Crippen LogP contribution is 2.36. The fourth-order valence-corrected chi connectivity index (χ4v) is 2.19. The maximum absolute atomic E-state index is 10.3. The van der Waals surface area contributed by atoms with Gasteiger partial charge in [0, 0.05) is 6.08 Å². The molecule has 0 unspecified atom stereocenters. The third-order valence-corrected chi connectivity index (χ3v) is 3.85. The number of rotatable bonds is 4. The summed E-state index contributed by atoms with van der Waals surface area (Å²) in [5.41, 5.74) is 0.320. The molecule has 0 saturated heterocycles. The number of carboxylic acid groups (broad SMARTS) is 3. The number of aromatic carboxylic acids is 2. The van der Waals surface area contributed by atoms with E-state index in [-0.39, 0.29) is 11.1 Å². The predicted molar refractivity (Wildman–Crippen MR) is 120 cm³/mol. The molecule has 0 atom stereocenters. The summed E-state index contributed by atoms with van der Waals surface area (Å²) in [6.07, 6.45) is 2.68. The van der Waals surface area contributed by atoms with E-state index >= 15 is 0 Å². The van der Waals surface area contributed by atoms with Crippen LogP contribution in [0.4, 0.5) is 0 Å². The lowest BCUT2D eigenvalue weighted by Gasteiger charge is -2.01. The largest absolute Gasteiger partial charge is 0.504 e. The molecule has 3 aromatic carbocycles. The summed E-state index contributed by atoms with van der Waals surface area (Å²) in [7, 11) is 0. The van der Waals surface area contributed by atoms with Crippen LogP contribution in [0.1, 0.15) is 26.3 Å². The monoisotopic (exact) mass is 488 g/mol. The summed E-state index contributed by atoms with van der Waals surface area (Å²) < 4.78 is 0. The third-order valence-electron chi connectivity index (χ3n) is 3.85. The topological polar surface area (TPSA) is 233 Å². The number of phenolic OH excluding ortho intramolecular Hbond substituents is 6. The Balaban J connectivity index is 0.000000263. The molecule has 0 amide bonds. The normalized spacial score (nSPS) is 9.83. The van der Waals surface area contributed by atoms with Gasteiger partial charge in [0.25, 0.3) is 0 Å². The molecule has 0 aliphatic heterocycles. The lowest BCUT2D eigenvalue weighted by molar-refractivity contribution is -0.131. The number of benzene rings is 3. The van der Waals surface area contributed by atoms with Crippen molar-refractivity contribution in [2.45, 2.75) is 0 Å². The summed E-state index contributed by atoms with van der Waals surface area (Å²) in [5.74, 6) is -7.59. The van der Waals surface area contributed by atoms with E-state index in [0.717, 1.165) is 35.9 Å². The van der Waals surface area contributed by atoms with Crippen LogP contribution in [0.2, 0.25) is 0 Å². The van der Waals surface area contributed by atoms with Crippen LogP contribution in [0.15, 0.2) is 60.7 Å². The molecule has 0 aliphatic carbocycles. The van der Waals surface area contributed by atoms with Crippen molar-refractivity contribution in [1.29, 1.82) is 0 Å². The van der Waals surface area contributed by atoms with Gasteiger partial charge in [-0.25, -0.2) is 14.4 Å². The highest BCUT2D eigenvalue weighted by atomic mass is 16.4. The number of phenols is 6. The Kier molecular flexibility index (Phi) is 9.95. The smallest absolute Gasteiger partial charge is 0.335 e. The minimum atomic E-state index is -1.29. The Morgan fingerprint density at radius 2 is 0.914 bits per heavy atom. The van der Waals surface area contributed by atoms with E-state index in [1.807, 2.05) is 30.3 Å². The Morgan fingerprint density at radius 1 is 0.571 bits per heavy atom. The molecule has 0 heterocycles. The molecule has 35 heavy (non-hydrogen) atoms. The van der Waals surface area contributed by atoms with Gasteiger partial charge in [-0.1, -0.05) is 30.3 Å². The zero-order valence-corrected chi connectivity index (χ0v) is 17.6. The quantitative estimate of drug-likeness (QED) is 0.190. The zero-order valence-electron chi connectivity index (χ0n) is 17.6. The number of carboxylic acids is 3. The van der Waals surface area contributed by atoms with Crippen LogP contribution in [0.3, 0.4) is 0 Å². The first-order chi connectivity index (χ1) is 16.3. The van der Waals surface area contributed by atoms with Gasteiger partial charge in [0.2, 0.25) is 0 Å². The Hall–Kier alpha value is -5.39. The van der Waals surface area contributed by atoms with Gasteiger partial charge in [-0.3, -0.25) is 0 Å². The van der Waals surface area contributed by atoms with Crippen LogP contribution >= 0.6 is 0 Å². The molecule has 0 bridgehead atoms. The van der Waals surface area contributed by atoms with Crippen molar-refractivity contribution in [3.63, 3.8) is 0 Å². The second kappa shape index (κ2) is 12.6. The van der Waals surface area contributed by atoms with E-state index < -0.39 is 52.4 Å². The van der Waals surface area contributed by atoms with E-state index in [4.69, 9.17) is 46.0 Å². The van der Waals surface area contributed by atoms with Gasteiger partial charge >= 0.3 is 17.9 Å². The molecule has 0 spiro atoms. The first-order valence-electron chi connectivity index (χ1n) is 9.26. The van der Waals surface area contributed by atoms with E-state index in [2.05, 4.69) is 0 Å². The molecule has 0 radical (unpaired) electrons. The highest BCUT2D eigenvalue weighted by Gasteiger charge is 2.12. The Labute approximate surface area is 196 Å². The predicted octanol–water partition coefficient (Wildman–Crippen LogP) is 2.79. The first-order valence-corrected chi connectivity index (χ1v) is 9.26. The van der Waals surface area contributed by atoms with E-state index in [1.165, 1.54) is 0 Å². The molecule has 9 N–H and O–H groups in total. The van der Waals surface area contributed by atoms with Crippen LogP contribution in [-0.4, -0.2) is 63.9 Å². The van der Waals surface area contributed by atoms with Crippen molar-refractivity contribution in [2.75, 3.05) is 0 Å². The number of carbonyl (C=O) groups is 3. The number of aliphatic carboxylic acids is 1. The molecular weight excluding hydrogens is 468 g/mol. The second-order valence-corrected chi connectivity index (χ2v) is 6.42. The minimum absolute atomic E-state index is 0.289. The molecule has 0 aromatic heterocycles. The Morgan fingerprint density at radius 3 is 1.20 bits per heavy atom. The van der Waals surface area contributed by atoms with Crippen molar-refractivity contribution in [1.82, 2.24) is 0 Å². The Bertz CT molecular complexity index is 1120. The van der Waals surface area contributed by atoms with Crippen molar-refractivity contribution in [3.05, 3.63) is 77.4 Å². The van der Waals surface area contributed by atoms with Crippen molar-refractivity contribution >= 4 is 24.0 Å². The summed E-state index contributed by atoms with van der Waals surface area (Å²) in [6.45, 7) is 0. The highest BCUT2D eigenvalue weighted by molar-refractivity contribution is 5.90. The fraction of sp³-hybridized carbons (Fsp3) is 0. The summed E-state index contributed by atoms with van der Waals surface area (Å²) >= 11 is 0. The first kappa shape index (κ1) is 27.6. The second-order valence-electron chi connectivity index (χ2n) is 6.42. The van der Waals surface area contributed by atoms with Crippen LogP contribution in [-0.2, 0) is 4.79 Å². The van der Waals surface area contributed by atoms with Gasteiger partial charge in [-0.05, 0) is 35.9 Å². The maximum atomic E-state index is 10.3. The molecule has 184 valence electrons. The van der Waals surface area contributed by atoms with E-state index in [9.17, 15) is 14.4 Å². The molecule has 0 aliphatic rings. The van der Waals surface area contributed by atoms with Crippen LogP contribution in [0, 0.1) is 0 Å². The number of hydrogen-bond donors (Lipinski definition) is 9. The fourth-order valence-electron chi connectivity index (χ4n) is 2.19.